The molecular formula is C73H132O6. The molecule has 0 aliphatic heterocycles. The number of carbonyl (C=O) groups is 3. The Bertz CT molecular complexity index is 1410. The van der Waals surface area contributed by atoms with Gasteiger partial charge in [0.25, 0.3) is 0 Å². The van der Waals surface area contributed by atoms with Crippen LogP contribution in [0.2, 0.25) is 0 Å². The highest BCUT2D eigenvalue weighted by atomic mass is 16.6. The minimum absolute atomic E-state index is 0.0779. The first kappa shape index (κ1) is 76.1. The molecule has 0 rings (SSSR count). The van der Waals surface area contributed by atoms with Crippen LogP contribution >= 0.6 is 0 Å². The second kappa shape index (κ2) is 67.6. The van der Waals surface area contributed by atoms with Gasteiger partial charge in [0.1, 0.15) is 13.2 Å². The molecule has 79 heavy (non-hydrogen) atoms. The van der Waals surface area contributed by atoms with Crippen molar-refractivity contribution in [1.29, 1.82) is 0 Å². The molecule has 0 saturated heterocycles. The van der Waals surface area contributed by atoms with Crippen LogP contribution in [0.5, 0.6) is 0 Å². The van der Waals surface area contributed by atoms with Crippen molar-refractivity contribution in [2.45, 2.75) is 374 Å². The molecule has 6 nitrogen and oxygen atoms in total. The van der Waals surface area contributed by atoms with Crippen LogP contribution in [0.15, 0.2) is 60.8 Å². The lowest BCUT2D eigenvalue weighted by Gasteiger charge is -2.18. The number of unbranched alkanes of at least 4 members (excludes halogenated alkanes) is 43. The summed E-state index contributed by atoms with van der Waals surface area (Å²) in [6, 6.07) is 0. The zero-order valence-electron chi connectivity index (χ0n) is 52.9. The van der Waals surface area contributed by atoms with Gasteiger partial charge in [0.05, 0.1) is 0 Å². The van der Waals surface area contributed by atoms with Gasteiger partial charge in [-0.25, -0.2) is 0 Å². The van der Waals surface area contributed by atoms with Gasteiger partial charge in [-0.05, 0) is 83.5 Å². The van der Waals surface area contributed by atoms with Gasteiger partial charge < -0.3 is 14.2 Å². The SMILES string of the molecule is CC/C=C\C/C=C\C/C=C\C/C=C\CCCCCCCCC(=O)OC(COC(=O)CCCCCCCCC/C=C\CCCCCCCC)COC(=O)CCCCCCCCCCCCCCCCCCCCCCCCCCC. The van der Waals surface area contributed by atoms with E-state index in [4.69, 9.17) is 14.2 Å². The Morgan fingerprint density at radius 3 is 0.785 bits per heavy atom. The summed E-state index contributed by atoms with van der Waals surface area (Å²) in [4.78, 5) is 38.4. The van der Waals surface area contributed by atoms with Gasteiger partial charge >= 0.3 is 17.9 Å². The van der Waals surface area contributed by atoms with Crippen LogP contribution in [0, 0.1) is 0 Å². The van der Waals surface area contributed by atoms with Crippen LogP contribution in [0.3, 0.4) is 0 Å². The molecule has 6 heteroatoms. The molecule has 0 saturated carbocycles. The average Bonchev–Trinajstić information content (AvgIpc) is 3.45. The summed E-state index contributed by atoms with van der Waals surface area (Å²) < 4.78 is 17.0. The zero-order valence-corrected chi connectivity index (χ0v) is 52.9. The van der Waals surface area contributed by atoms with Gasteiger partial charge in [-0.3, -0.25) is 14.4 Å². The quantitative estimate of drug-likeness (QED) is 0.0261. The Balaban J connectivity index is 4.31. The molecule has 0 bridgehead atoms. The standard InChI is InChI=1S/C73H132O6/c1-4-7-10-13-16-19-22-25-28-31-33-34-35-36-37-38-40-42-45-48-51-54-57-60-63-66-72(75)78-69-70(68-77-71(74)65-62-59-56-53-50-47-44-41-30-27-24-21-18-15-12-9-6-3)79-73(76)67-64-61-58-55-52-49-46-43-39-32-29-26-23-20-17-14-11-8-5-2/h8,11,17,20,26-27,29-30,39,43,70H,4-7,9-10,12-16,18-19,21-25,28,31-38,40-42,44-69H2,1-3H3/b11-8-,20-17-,29-26-,30-27-,43-39-. The predicted molar refractivity (Wildman–Crippen MR) is 344 cm³/mol. The predicted octanol–water partition coefficient (Wildman–Crippen LogP) is 23.9. The van der Waals surface area contributed by atoms with Crippen molar-refractivity contribution in [2.24, 2.45) is 0 Å². The summed E-state index contributed by atoms with van der Waals surface area (Å²) >= 11 is 0. The molecule has 0 fully saturated rings. The maximum atomic E-state index is 12.9. The van der Waals surface area contributed by atoms with E-state index in [2.05, 4.69) is 81.5 Å². The largest absolute Gasteiger partial charge is 0.462 e. The molecule has 0 aromatic rings. The van der Waals surface area contributed by atoms with Crippen molar-refractivity contribution < 1.29 is 28.6 Å². The van der Waals surface area contributed by atoms with Gasteiger partial charge in [0, 0.05) is 19.3 Å². The summed E-state index contributed by atoms with van der Waals surface area (Å²) in [7, 11) is 0. The molecule has 0 heterocycles. The van der Waals surface area contributed by atoms with Gasteiger partial charge in [-0.2, -0.15) is 0 Å². The zero-order chi connectivity index (χ0) is 57.1. The van der Waals surface area contributed by atoms with Crippen molar-refractivity contribution in [1.82, 2.24) is 0 Å². The maximum absolute atomic E-state index is 12.9. The summed E-state index contributed by atoms with van der Waals surface area (Å²) in [5, 5.41) is 0. The maximum Gasteiger partial charge on any atom is 0.306 e. The van der Waals surface area contributed by atoms with Crippen molar-refractivity contribution in [2.75, 3.05) is 13.2 Å². The molecule has 460 valence electrons. The number of rotatable bonds is 64. The van der Waals surface area contributed by atoms with Gasteiger partial charge in [-0.1, -0.05) is 326 Å². The Labute approximate surface area is 491 Å². The molecule has 0 N–H and O–H groups in total. The lowest BCUT2D eigenvalue weighted by atomic mass is 10.0. The Hall–Kier alpha value is -2.89. The van der Waals surface area contributed by atoms with Crippen LogP contribution in [-0.2, 0) is 28.6 Å². The Morgan fingerprint density at radius 1 is 0.266 bits per heavy atom. The lowest BCUT2D eigenvalue weighted by molar-refractivity contribution is -0.167. The highest BCUT2D eigenvalue weighted by Crippen LogP contribution is 2.18. The first-order valence-corrected chi connectivity index (χ1v) is 34.8. The molecule has 0 aromatic carbocycles. The third kappa shape index (κ3) is 65.8. The molecule has 0 amide bonds. The second-order valence-electron chi connectivity index (χ2n) is 23.4. The van der Waals surface area contributed by atoms with E-state index < -0.39 is 6.10 Å². The molecule has 0 aliphatic carbocycles. The first-order valence-electron chi connectivity index (χ1n) is 34.8. The van der Waals surface area contributed by atoms with Gasteiger partial charge in [0.15, 0.2) is 6.10 Å². The first-order chi connectivity index (χ1) is 39.0. The van der Waals surface area contributed by atoms with E-state index in [0.29, 0.717) is 19.3 Å². The summed E-state index contributed by atoms with van der Waals surface area (Å²) in [6.45, 7) is 6.57. The molecule has 0 aliphatic rings. The molecule has 0 spiro atoms. The van der Waals surface area contributed by atoms with Gasteiger partial charge in [-0.15, -0.1) is 0 Å². The highest BCUT2D eigenvalue weighted by Gasteiger charge is 2.19. The molecular weight excluding hydrogens is 973 g/mol. The topological polar surface area (TPSA) is 78.9 Å². The van der Waals surface area contributed by atoms with E-state index in [0.717, 1.165) is 96.3 Å². The average molecular weight is 1110 g/mol. The molecule has 0 radical (unpaired) electrons. The number of ether oxygens (including phenoxy) is 3. The van der Waals surface area contributed by atoms with Crippen molar-refractivity contribution >= 4 is 17.9 Å². The lowest BCUT2D eigenvalue weighted by Crippen LogP contribution is -2.30. The smallest absolute Gasteiger partial charge is 0.306 e. The van der Waals surface area contributed by atoms with Crippen LogP contribution in [0.25, 0.3) is 0 Å². The summed E-state index contributed by atoms with van der Waals surface area (Å²) in [5.74, 6) is -0.873. The number of esters is 3. The Kier molecular flexibility index (Phi) is 65.1. The summed E-state index contributed by atoms with van der Waals surface area (Å²) in [5.41, 5.74) is 0. The van der Waals surface area contributed by atoms with Crippen molar-refractivity contribution in [3.8, 4) is 0 Å². The third-order valence-corrected chi connectivity index (χ3v) is 15.5. The van der Waals surface area contributed by atoms with Crippen molar-refractivity contribution in [3.63, 3.8) is 0 Å². The summed E-state index contributed by atoms with van der Waals surface area (Å²) in [6.07, 6.45) is 86.7. The van der Waals surface area contributed by atoms with E-state index in [1.54, 1.807) is 0 Å². The fraction of sp³-hybridized carbons (Fsp3) is 0.822. The minimum Gasteiger partial charge on any atom is -0.462 e. The van der Waals surface area contributed by atoms with Crippen LogP contribution in [0.4, 0.5) is 0 Å². The second-order valence-corrected chi connectivity index (χ2v) is 23.4. The number of hydrogen-bond donors (Lipinski definition) is 0. The molecule has 0 aromatic heterocycles. The van der Waals surface area contributed by atoms with E-state index in [1.165, 1.54) is 231 Å². The number of carbonyl (C=O) groups excluding carboxylic acids is 3. The van der Waals surface area contributed by atoms with E-state index >= 15 is 0 Å². The van der Waals surface area contributed by atoms with E-state index in [-0.39, 0.29) is 31.1 Å². The third-order valence-electron chi connectivity index (χ3n) is 15.5. The molecule has 1 atom stereocenters. The van der Waals surface area contributed by atoms with Crippen LogP contribution < -0.4 is 0 Å². The fourth-order valence-electron chi connectivity index (χ4n) is 10.3. The Morgan fingerprint density at radius 2 is 0.494 bits per heavy atom. The number of hydrogen-bond acceptors (Lipinski definition) is 6. The van der Waals surface area contributed by atoms with Crippen LogP contribution in [-0.4, -0.2) is 37.2 Å². The van der Waals surface area contributed by atoms with Crippen molar-refractivity contribution in [3.05, 3.63) is 60.8 Å². The van der Waals surface area contributed by atoms with E-state index in [1.807, 2.05) is 0 Å². The highest BCUT2D eigenvalue weighted by molar-refractivity contribution is 5.71. The normalized spacial score (nSPS) is 12.4. The van der Waals surface area contributed by atoms with Crippen LogP contribution in [0.1, 0.15) is 367 Å². The monoisotopic (exact) mass is 1110 g/mol. The minimum atomic E-state index is -0.784. The fourth-order valence-corrected chi connectivity index (χ4v) is 10.3. The van der Waals surface area contributed by atoms with E-state index in [9.17, 15) is 14.4 Å². The molecule has 1 unspecified atom stereocenters. The number of allylic oxidation sites excluding steroid dienone is 10. The van der Waals surface area contributed by atoms with Gasteiger partial charge in [0.2, 0.25) is 0 Å².